The van der Waals surface area contributed by atoms with Crippen LogP contribution in [0.15, 0.2) is 24.3 Å². The number of nitrogens with one attached hydrogen (secondary N) is 1. The van der Waals surface area contributed by atoms with Gasteiger partial charge in [0, 0.05) is 14.1 Å². The van der Waals surface area contributed by atoms with Gasteiger partial charge in [0.25, 0.3) is 0 Å². The highest BCUT2D eigenvalue weighted by molar-refractivity contribution is 5.80. The van der Waals surface area contributed by atoms with Gasteiger partial charge in [-0.05, 0) is 44.0 Å². The number of ether oxygens (including phenoxy) is 1. The summed E-state index contributed by atoms with van der Waals surface area (Å²) in [6.07, 6.45) is 3.10. The smallest absolute Gasteiger partial charge is 0.238 e. The molecule has 1 N–H and O–H groups in total. The minimum atomic E-state index is -0.149. The van der Waals surface area contributed by atoms with Gasteiger partial charge in [0.2, 0.25) is 5.91 Å². The van der Waals surface area contributed by atoms with E-state index in [1.807, 2.05) is 19.1 Å². The first-order chi connectivity index (χ1) is 10.0. The Labute approximate surface area is 128 Å². The monoisotopic (exact) mass is 292 g/mol. The zero-order valence-electron chi connectivity index (χ0n) is 13.7. The molecule has 0 fully saturated rings. The first-order valence-corrected chi connectivity index (χ1v) is 7.71. The number of rotatable bonds is 9. The molecule has 1 atom stereocenters. The Morgan fingerprint density at radius 1 is 1.38 bits per heavy atom. The normalized spacial score (nSPS) is 12.0. The Balaban J connectivity index is 2.38. The van der Waals surface area contributed by atoms with Gasteiger partial charge in [-0.3, -0.25) is 4.79 Å². The molecule has 0 saturated carbocycles. The van der Waals surface area contributed by atoms with Gasteiger partial charge in [-0.25, -0.2) is 0 Å². The van der Waals surface area contributed by atoms with E-state index in [1.165, 1.54) is 5.56 Å². The molecular weight excluding hydrogens is 264 g/mol. The van der Waals surface area contributed by atoms with E-state index in [0.717, 1.165) is 38.2 Å². The standard InChI is InChI=1S/C17H28N2O2/c1-5-6-12-21-16-9-7-8-15(13-16)10-11-18-14(2)17(20)19(3)4/h7-9,13-14,18H,5-6,10-12H2,1-4H3/t14-/m0/s1. The fraction of sp³-hybridized carbons (Fsp3) is 0.588. The Morgan fingerprint density at radius 2 is 2.14 bits per heavy atom. The molecule has 4 nitrogen and oxygen atoms in total. The zero-order valence-corrected chi connectivity index (χ0v) is 13.7. The molecule has 0 spiro atoms. The second kappa shape index (κ2) is 9.40. The lowest BCUT2D eigenvalue weighted by Gasteiger charge is -2.18. The molecule has 0 unspecified atom stereocenters. The van der Waals surface area contributed by atoms with Crippen molar-refractivity contribution in [2.24, 2.45) is 0 Å². The van der Waals surface area contributed by atoms with Crippen molar-refractivity contribution >= 4 is 5.91 Å². The summed E-state index contributed by atoms with van der Waals surface area (Å²) >= 11 is 0. The summed E-state index contributed by atoms with van der Waals surface area (Å²) in [6, 6.07) is 8.03. The SMILES string of the molecule is CCCCOc1cccc(CCN[C@@H](C)C(=O)N(C)C)c1. The van der Waals surface area contributed by atoms with Crippen LogP contribution in [-0.2, 0) is 11.2 Å². The molecule has 0 bridgehead atoms. The van der Waals surface area contributed by atoms with Crippen molar-refractivity contribution in [1.82, 2.24) is 10.2 Å². The van der Waals surface area contributed by atoms with Crippen LogP contribution < -0.4 is 10.1 Å². The first-order valence-electron chi connectivity index (χ1n) is 7.71. The molecule has 1 rings (SSSR count). The maximum absolute atomic E-state index is 11.7. The van der Waals surface area contributed by atoms with Crippen LogP contribution >= 0.6 is 0 Å². The third-order valence-electron chi connectivity index (χ3n) is 3.34. The molecule has 21 heavy (non-hydrogen) atoms. The largest absolute Gasteiger partial charge is 0.494 e. The van der Waals surface area contributed by atoms with Crippen LogP contribution in [0, 0.1) is 0 Å². The van der Waals surface area contributed by atoms with Gasteiger partial charge in [-0.2, -0.15) is 0 Å². The number of unbranched alkanes of at least 4 members (excludes halogenated alkanes) is 1. The second-order valence-corrected chi connectivity index (χ2v) is 5.51. The Bertz CT molecular complexity index is 433. The third-order valence-corrected chi connectivity index (χ3v) is 3.34. The molecule has 0 aliphatic carbocycles. The lowest BCUT2D eigenvalue weighted by Crippen LogP contribution is -2.42. The summed E-state index contributed by atoms with van der Waals surface area (Å²) in [5, 5.41) is 3.25. The van der Waals surface area contributed by atoms with Gasteiger partial charge in [0.05, 0.1) is 12.6 Å². The number of carbonyl (C=O) groups excluding carboxylic acids is 1. The summed E-state index contributed by atoms with van der Waals surface area (Å²) in [7, 11) is 3.55. The number of nitrogens with zero attached hydrogens (tertiary/aromatic N) is 1. The van der Waals surface area contributed by atoms with E-state index in [2.05, 4.69) is 24.4 Å². The molecule has 4 heteroatoms. The Morgan fingerprint density at radius 3 is 2.81 bits per heavy atom. The Hall–Kier alpha value is -1.55. The molecular formula is C17H28N2O2. The second-order valence-electron chi connectivity index (χ2n) is 5.51. The molecule has 1 aromatic rings. The molecule has 0 aliphatic heterocycles. The van der Waals surface area contributed by atoms with Gasteiger partial charge in [-0.15, -0.1) is 0 Å². The van der Waals surface area contributed by atoms with Gasteiger partial charge in [0.15, 0.2) is 0 Å². The number of likely N-dealkylation sites (N-methyl/N-ethyl adjacent to an activating group) is 1. The van der Waals surface area contributed by atoms with Gasteiger partial charge in [0.1, 0.15) is 5.75 Å². The minimum absolute atomic E-state index is 0.103. The highest BCUT2D eigenvalue weighted by Crippen LogP contribution is 2.14. The van der Waals surface area contributed by atoms with E-state index in [1.54, 1.807) is 19.0 Å². The van der Waals surface area contributed by atoms with Crippen molar-refractivity contribution in [2.75, 3.05) is 27.2 Å². The van der Waals surface area contributed by atoms with Crippen molar-refractivity contribution in [3.05, 3.63) is 29.8 Å². The van der Waals surface area contributed by atoms with E-state index >= 15 is 0 Å². The number of hydrogen-bond acceptors (Lipinski definition) is 3. The lowest BCUT2D eigenvalue weighted by atomic mass is 10.1. The summed E-state index contributed by atoms with van der Waals surface area (Å²) in [5.41, 5.74) is 1.22. The first kappa shape index (κ1) is 17.5. The van der Waals surface area contributed by atoms with Crippen LogP contribution in [0.25, 0.3) is 0 Å². The average molecular weight is 292 g/mol. The fourth-order valence-electron chi connectivity index (χ4n) is 2.03. The van der Waals surface area contributed by atoms with E-state index in [0.29, 0.717) is 0 Å². The molecule has 0 heterocycles. The highest BCUT2D eigenvalue weighted by Gasteiger charge is 2.13. The van der Waals surface area contributed by atoms with E-state index in [9.17, 15) is 4.79 Å². The van der Waals surface area contributed by atoms with Crippen LogP contribution in [0.5, 0.6) is 5.75 Å². The van der Waals surface area contributed by atoms with Gasteiger partial charge < -0.3 is 15.0 Å². The van der Waals surface area contributed by atoms with Crippen LogP contribution in [0.1, 0.15) is 32.3 Å². The van der Waals surface area contributed by atoms with Crippen molar-refractivity contribution in [3.63, 3.8) is 0 Å². The van der Waals surface area contributed by atoms with Crippen molar-refractivity contribution in [2.45, 2.75) is 39.2 Å². The third kappa shape index (κ3) is 6.63. The van der Waals surface area contributed by atoms with E-state index < -0.39 is 0 Å². The van der Waals surface area contributed by atoms with Crippen LogP contribution in [0.2, 0.25) is 0 Å². The van der Waals surface area contributed by atoms with Crippen LogP contribution in [-0.4, -0.2) is 44.1 Å². The molecule has 118 valence electrons. The summed E-state index contributed by atoms with van der Waals surface area (Å²) in [4.78, 5) is 13.3. The topological polar surface area (TPSA) is 41.6 Å². The molecule has 0 saturated heterocycles. The molecule has 0 radical (unpaired) electrons. The van der Waals surface area contributed by atoms with Crippen LogP contribution in [0.4, 0.5) is 0 Å². The number of hydrogen-bond donors (Lipinski definition) is 1. The Kier molecular flexibility index (Phi) is 7.83. The van der Waals surface area contributed by atoms with Crippen LogP contribution in [0.3, 0.4) is 0 Å². The lowest BCUT2D eigenvalue weighted by molar-refractivity contribution is -0.130. The molecule has 1 aromatic carbocycles. The maximum atomic E-state index is 11.7. The maximum Gasteiger partial charge on any atom is 0.238 e. The molecule has 0 aromatic heterocycles. The average Bonchev–Trinajstić information content (AvgIpc) is 2.47. The van der Waals surface area contributed by atoms with Gasteiger partial charge in [-0.1, -0.05) is 25.5 Å². The number of benzene rings is 1. The number of carbonyl (C=O) groups is 1. The number of amides is 1. The highest BCUT2D eigenvalue weighted by atomic mass is 16.5. The van der Waals surface area contributed by atoms with E-state index in [4.69, 9.17) is 4.74 Å². The molecule has 1 amide bonds. The van der Waals surface area contributed by atoms with Crippen molar-refractivity contribution < 1.29 is 9.53 Å². The fourth-order valence-corrected chi connectivity index (χ4v) is 2.03. The zero-order chi connectivity index (χ0) is 15.7. The quantitative estimate of drug-likeness (QED) is 0.711. The predicted octanol–water partition coefficient (Wildman–Crippen LogP) is 2.47. The summed E-state index contributed by atoms with van der Waals surface area (Å²) < 4.78 is 5.70. The van der Waals surface area contributed by atoms with Crippen molar-refractivity contribution in [3.8, 4) is 5.75 Å². The predicted molar refractivity (Wildman–Crippen MR) is 86.7 cm³/mol. The minimum Gasteiger partial charge on any atom is -0.494 e. The van der Waals surface area contributed by atoms with E-state index in [-0.39, 0.29) is 11.9 Å². The summed E-state index contributed by atoms with van der Waals surface area (Å²) in [6.45, 7) is 5.60. The van der Waals surface area contributed by atoms with Crippen molar-refractivity contribution in [1.29, 1.82) is 0 Å². The summed E-state index contributed by atoms with van der Waals surface area (Å²) in [5.74, 6) is 1.03. The molecule has 0 aliphatic rings. The van der Waals surface area contributed by atoms with Gasteiger partial charge >= 0.3 is 0 Å².